The number of benzene rings is 1. The maximum absolute atomic E-state index is 11.6. The van der Waals surface area contributed by atoms with Crippen LogP contribution in [0.25, 0.3) is 0 Å². The molecule has 1 aromatic carbocycles. The second-order valence-corrected chi connectivity index (χ2v) is 9.89. The quantitative estimate of drug-likeness (QED) is 0.781. The summed E-state index contributed by atoms with van der Waals surface area (Å²) in [7, 11) is -1.45. The van der Waals surface area contributed by atoms with Crippen LogP contribution in [-0.2, 0) is 11.2 Å². The topological polar surface area (TPSA) is 29.1 Å². The zero-order chi connectivity index (χ0) is 12.0. The Morgan fingerprint density at radius 2 is 1.81 bits per heavy atom. The van der Waals surface area contributed by atoms with Crippen molar-refractivity contribution in [2.45, 2.75) is 38.9 Å². The maximum atomic E-state index is 11.6. The minimum atomic E-state index is -1.45. The van der Waals surface area contributed by atoms with Crippen LogP contribution in [0.15, 0.2) is 30.3 Å². The number of hydrogen-bond acceptors (Lipinski definition) is 1. The number of amides is 1. The van der Waals surface area contributed by atoms with Crippen LogP contribution < -0.4 is 4.98 Å². The molecule has 0 atom stereocenters. The molecule has 0 fully saturated rings. The minimum Gasteiger partial charge on any atom is -0.382 e. The minimum absolute atomic E-state index is 0.204. The van der Waals surface area contributed by atoms with Crippen molar-refractivity contribution in [3.05, 3.63) is 35.9 Å². The molecule has 0 saturated heterocycles. The van der Waals surface area contributed by atoms with Crippen molar-refractivity contribution < 1.29 is 4.79 Å². The first-order valence-corrected chi connectivity index (χ1v) is 9.32. The highest BCUT2D eigenvalue weighted by Crippen LogP contribution is 2.05. The summed E-state index contributed by atoms with van der Waals surface area (Å²) < 4.78 is 0. The molecule has 1 rings (SSSR count). The van der Waals surface area contributed by atoms with Gasteiger partial charge in [0.2, 0.25) is 5.91 Å². The zero-order valence-corrected chi connectivity index (χ0v) is 11.4. The Morgan fingerprint density at radius 3 is 2.38 bits per heavy atom. The molecule has 1 aromatic rings. The summed E-state index contributed by atoms with van der Waals surface area (Å²) in [6.45, 7) is 6.42. The summed E-state index contributed by atoms with van der Waals surface area (Å²) >= 11 is 0. The van der Waals surface area contributed by atoms with E-state index < -0.39 is 8.24 Å². The smallest absolute Gasteiger partial charge is 0.212 e. The van der Waals surface area contributed by atoms with Gasteiger partial charge >= 0.3 is 0 Å². The molecule has 0 aliphatic carbocycles. The van der Waals surface area contributed by atoms with Crippen molar-refractivity contribution in [2.75, 3.05) is 0 Å². The van der Waals surface area contributed by atoms with Gasteiger partial charge in [0.15, 0.2) is 0 Å². The maximum Gasteiger partial charge on any atom is 0.212 e. The fourth-order valence-electron chi connectivity index (χ4n) is 1.58. The van der Waals surface area contributed by atoms with Gasteiger partial charge in [-0.05, 0) is 18.4 Å². The van der Waals surface area contributed by atoms with Crippen LogP contribution in [0.3, 0.4) is 0 Å². The Balaban J connectivity index is 2.24. The van der Waals surface area contributed by atoms with E-state index >= 15 is 0 Å². The lowest BCUT2D eigenvalue weighted by Gasteiger charge is -2.17. The summed E-state index contributed by atoms with van der Waals surface area (Å²) in [5.41, 5.74) is 1.31. The van der Waals surface area contributed by atoms with E-state index in [1.807, 2.05) is 18.2 Å². The van der Waals surface area contributed by atoms with Gasteiger partial charge in [-0.1, -0.05) is 50.0 Å². The Bertz CT molecular complexity index is 330. The normalized spacial score (nSPS) is 11.2. The summed E-state index contributed by atoms with van der Waals surface area (Å²) in [5, 5.41) is 0. The van der Waals surface area contributed by atoms with Crippen molar-refractivity contribution in [3.63, 3.8) is 0 Å². The molecule has 16 heavy (non-hydrogen) atoms. The molecule has 1 amide bonds. The predicted octanol–water partition coefficient (Wildman–Crippen LogP) is 2.96. The van der Waals surface area contributed by atoms with Crippen LogP contribution in [0.2, 0.25) is 19.6 Å². The van der Waals surface area contributed by atoms with Crippen LogP contribution in [0, 0.1) is 0 Å². The highest BCUT2D eigenvalue weighted by molar-refractivity contribution is 6.75. The Morgan fingerprint density at radius 1 is 1.19 bits per heavy atom. The van der Waals surface area contributed by atoms with Crippen LogP contribution in [0.1, 0.15) is 18.4 Å². The molecule has 3 heteroatoms. The third kappa shape index (κ3) is 5.71. The van der Waals surface area contributed by atoms with Gasteiger partial charge in [-0.2, -0.15) is 0 Å². The summed E-state index contributed by atoms with van der Waals surface area (Å²) in [5.74, 6) is 0.204. The molecule has 0 unspecified atom stereocenters. The number of aryl methyl sites for hydroxylation is 1. The van der Waals surface area contributed by atoms with E-state index in [9.17, 15) is 4.79 Å². The fourth-order valence-corrected chi connectivity index (χ4v) is 2.54. The standard InChI is InChI=1S/C13H21NOSi/c1-16(2,3)14-13(15)11-7-10-12-8-5-4-6-9-12/h4-6,8-9H,7,10-11H2,1-3H3,(H,14,15). The number of rotatable bonds is 5. The van der Waals surface area contributed by atoms with E-state index in [1.165, 1.54) is 5.56 Å². The van der Waals surface area contributed by atoms with E-state index in [1.54, 1.807) is 0 Å². The fraction of sp³-hybridized carbons (Fsp3) is 0.462. The van der Waals surface area contributed by atoms with Gasteiger partial charge < -0.3 is 4.98 Å². The lowest BCUT2D eigenvalue weighted by atomic mass is 10.1. The van der Waals surface area contributed by atoms with Gasteiger partial charge in [-0.25, -0.2) is 0 Å². The molecule has 0 aliphatic heterocycles. The first kappa shape index (κ1) is 13.0. The molecule has 88 valence electrons. The number of carbonyl (C=O) groups is 1. The van der Waals surface area contributed by atoms with Crippen molar-refractivity contribution in [2.24, 2.45) is 0 Å². The van der Waals surface area contributed by atoms with Gasteiger partial charge in [0.1, 0.15) is 8.24 Å². The van der Waals surface area contributed by atoms with Crippen LogP contribution in [-0.4, -0.2) is 14.1 Å². The molecule has 2 nitrogen and oxygen atoms in total. The van der Waals surface area contributed by atoms with E-state index in [0.29, 0.717) is 6.42 Å². The van der Waals surface area contributed by atoms with Crippen molar-refractivity contribution in [1.82, 2.24) is 4.98 Å². The SMILES string of the molecule is C[Si](C)(C)NC(=O)CCCc1ccccc1. The number of nitrogens with one attached hydrogen (secondary N) is 1. The lowest BCUT2D eigenvalue weighted by molar-refractivity contribution is -0.119. The molecule has 0 heterocycles. The molecular formula is C13H21NOSi. The lowest BCUT2D eigenvalue weighted by Crippen LogP contribution is -2.45. The second-order valence-electron chi connectivity index (χ2n) is 5.14. The third-order valence-electron chi connectivity index (χ3n) is 2.23. The highest BCUT2D eigenvalue weighted by Gasteiger charge is 2.15. The van der Waals surface area contributed by atoms with Gasteiger partial charge in [0.25, 0.3) is 0 Å². The first-order valence-electron chi connectivity index (χ1n) is 5.82. The van der Waals surface area contributed by atoms with Crippen molar-refractivity contribution in [3.8, 4) is 0 Å². The average molecular weight is 235 g/mol. The highest BCUT2D eigenvalue weighted by atomic mass is 28.3. The predicted molar refractivity (Wildman–Crippen MR) is 70.9 cm³/mol. The molecule has 0 saturated carbocycles. The molecule has 1 N–H and O–H groups in total. The molecule has 0 bridgehead atoms. The Kier molecular flexibility index (Phi) is 4.74. The van der Waals surface area contributed by atoms with E-state index in [-0.39, 0.29) is 5.91 Å². The zero-order valence-electron chi connectivity index (χ0n) is 10.4. The van der Waals surface area contributed by atoms with Gasteiger partial charge in [0, 0.05) is 6.42 Å². The Hall–Kier alpha value is -1.09. The summed E-state index contributed by atoms with van der Waals surface area (Å²) in [6.07, 6.45) is 2.56. The molecule has 0 aromatic heterocycles. The van der Waals surface area contributed by atoms with Crippen LogP contribution >= 0.6 is 0 Å². The van der Waals surface area contributed by atoms with Crippen molar-refractivity contribution >= 4 is 14.1 Å². The number of hydrogen-bond donors (Lipinski definition) is 1. The summed E-state index contributed by atoms with van der Waals surface area (Å²) in [4.78, 5) is 14.7. The van der Waals surface area contributed by atoms with Crippen molar-refractivity contribution in [1.29, 1.82) is 0 Å². The Labute approximate surface area is 99.2 Å². The molecule has 0 spiro atoms. The molecule has 0 aliphatic rings. The summed E-state index contributed by atoms with van der Waals surface area (Å²) in [6, 6.07) is 10.3. The van der Waals surface area contributed by atoms with Crippen LogP contribution in [0.4, 0.5) is 0 Å². The van der Waals surface area contributed by atoms with Gasteiger partial charge in [-0.15, -0.1) is 0 Å². The van der Waals surface area contributed by atoms with E-state index in [2.05, 4.69) is 36.8 Å². The van der Waals surface area contributed by atoms with E-state index in [4.69, 9.17) is 0 Å². The third-order valence-corrected chi connectivity index (χ3v) is 3.26. The van der Waals surface area contributed by atoms with Gasteiger partial charge in [-0.3, -0.25) is 4.79 Å². The first-order chi connectivity index (χ1) is 7.47. The second kappa shape index (κ2) is 5.85. The van der Waals surface area contributed by atoms with Crippen LogP contribution in [0.5, 0.6) is 0 Å². The van der Waals surface area contributed by atoms with E-state index in [0.717, 1.165) is 12.8 Å². The monoisotopic (exact) mass is 235 g/mol. The molecule has 0 radical (unpaired) electrons. The largest absolute Gasteiger partial charge is 0.382 e. The average Bonchev–Trinajstić information content (AvgIpc) is 2.16. The number of carbonyl (C=O) groups excluding carboxylic acids is 1. The van der Waals surface area contributed by atoms with Gasteiger partial charge in [0.05, 0.1) is 0 Å². The molecular weight excluding hydrogens is 214 g/mol.